The van der Waals surface area contributed by atoms with Gasteiger partial charge in [0.15, 0.2) is 0 Å². The summed E-state index contributed by atoms with van der Waals surface area (Å²) in [4.78, 5) is 12.7. The second-order valence-electron chi connectivity index (χ2n) is 8.94. The van der Waals surface area contributed by atoms with Gasteiger partial charge >= 0.3 is 0 Å². The molecule has 1 amide bonds. The van der Waals surface area contributed by atoms with Crippen molar-refractivity contribution in [3.63, 3.8) is 0 Å². The molecule has 7 nitrogen and oxygen atoms in total. The van der Waals surface area contributed by atoms with Crippen LogP contribution in [0.1, 0.15) is 12.0 Å². The highest BCUT2D eigenvalue weighted by atomic mass is 32.2. The van der Waals surface area contributed by atoms with Crippen LogP contribution >= 0.6 is 0 Å². The molecule has 2 aromatic carbocycles. The zero-order valence-corrected chi connectivity index (χ0v) is 18.7. The van der Waals surface area contributed by atoms with Crippen molar-refractivity contribution in [1.82, 2.24) is 10.6 Å². The van der Waals surface area contributed by atoms with Gasteiger partial charge in [-0.05, 0) is 41.3 Å². The second kappa shape index (κ2) is 7.97. The Morgan fingerprint density at radius 1 is 1.24 bits per heavy atom. The summed E-state index contributed by atoms with van der Waals surface area (Å²) in [5.41, 5.74) is 3.46. The topological polar surface area (TPSA) is 111 Å². The lowest BCUT2D eigenvalue weighted by atomic mass is 9.97. The van der Waals surface area contributed by atoms with Crippen LogP contribution < -0.4 is 15.4 Å². The van der Waals surface area contributed by atoms with Gasteiger partial charge in [0.05, 0.1) is 18.4 Å². The van der Waals surface area contributed by atoms with Crippen molar-refractivity contribution in [1.29, 1.82) is 5.26 Å². The molecule has 2 fully saturated rings. The van der Waals surface area contributed by atoms with Crippen LogP contribution in [0, 0.1) is 29.0 Å². The fourth-order valence-corrected chi connectivity index (χ4v) is 5.55. The number of fused-ring (bicyclic) bond motifs is 5. The molecule has 33 heavy (non-hydrogen) atoms. The average Bonchev–Trinajstić information content (AvgIpc) is 3.36. The Bertz CT molecular complexity index is 1300. The van der Waals surface area contributed by atoms with Crippen LogP contribution in [0.15, 0.2) is 54.1 Å². The van der Waals surface area contributed by atoms with Crippen LogP contribution in [0.25, 0.3) is 11.1 Å². The predicted octanol–water partition coefficient (Wildman–Crippen LogP) is 2.33. The number of nitrogens with one attached hydrogen (secondary N) is 3. The van der Waals surface area contributed by atoms with Crippen LogP contribution in [0.2, 0.25) is 0 Å². The Labute approximate surface area is 191 Å². The maximum atomic E-state index is 14.8. The lowest BCUT2D eigenvalue weighted by Gasteiger charge is -2.23. The monoisotopic (exact) mass is 466 g/mol. The molecule has 1 saturated carbocycles. The van der Waals surface area contributed by atoms with Crippen LogP contribution in [0.3, 0.4) is 0 Å². The summed E-state index contributed by atoms with van der Waals surface area (Å²) in [7, 11) is -3.37. The van der Waals surface area contributed by atoms with E-state index in [-0.39, 0.29) is 24.3 Å². The van der Waals surface area contributed by atoms with Crippen molar-refractivity contribution in [3.05, 3.63) is 65.5 Å². The van der Waals surface area contributed by atoms with Gasteiger partial charge in [0, 0.05) is 30.0 Å². The Kier molecular flexibility index (Phi) is 5.22. The quantitative estimate of drug-likeness (QED) is 0.543. The minimum Gasteiger partial charge on any atom is -0.339 e. The second-order valence-corrected chi connectivity index (χ2v) is 10.7. The number of piperidine rings is 1. The number of anilines is 1. The molecule has 0 unspecified atom stereocenters. The van der Waals surface area contributed by atoms with Gasteiger partial charge in [-0.3, -0.25) is 9.52 Å². The average molecular weight is 467 g/mol. The first-order valence-corrected chi connectivity index (χ1v) is 12.7. The van der Waals surface area contributed by atoms with E-state index in [0.717, 1.165) is 18.2 Å². The van der Waals surface area contributed by atoms with Crippen LogP contribution in [-0.2, 0) is 21.2 Å². The van der Waals surface area contributed by atoms with E-state index in [9.17, 15) is 22.9 Å². The first-order valence-electron chi connectivity index (χ1n) is 10.8. The number of nitrogens with zero attached hydrogens (tertiary/aromatic N) is 1. The smallest absolute Gasteiger partial charge is 0.238 e. The van der Waals surface area contributed by atoms with Crippen molar-refractivity contribution in [2.75, 3.05) is 11.0 Å². The molecule has 3 N–H and O–H groups in total. The van der Waals surface area contributed by atoms with Gasteiger partial charge in [-0.1, -0.05) is 35.9 Å². The van der Waals surface area contributed by atoms with Crippen molar-refractivity contribution in [2.24, 2.45) is 11.8 Å². The standard InChI is InChI=1S/C24H23FN4O3S/c1-33(31,32)29-16-6-4-13(5-7-16)14-2-3-15(21(25)9-14)8-17(12-26)27-24(30)23-20-11-22(28-23)19-10-18(19)20/h2-7,9-10,17,19-20,22-23,28-29H,8,11H2,1H3,(H,27,30)/t17-,19+,20+,22-,23-/m0/s1. The first-order chi connectivity index (χ1) is 15.7. The number of rotatable bonds is 7. The molecule has 2 aromatic rings. The van der Waals surface area contributed by atoms with E-state index in [2.05, 4.69) is 27.5 Å². The fourth-order valence-electron chi connectivity index (χ4n) is 4.99. The number of amides is 1. The number of carbonyl (C=O) groups is 1. The largest absolute Gasteiger partial charge is 0.339 e. The molecule has 0 aromatic heterocycles. The highest BCUT2D eigenvalue weighted by Crippen LogP contribution is 2.54. The fraction of sp³-hybridized carbons (Fsp3) is 0.333. The summed E-state index contributed by atoms with van der Waals surface area (Å²) < 4.78 is 39.9. The third-order valence-electron chi connectivity index (χ3n) is 6.57. The number of carbonyl (C=O) groups excluding carboxylic acids is 1. The summed E-state index contributed by atoms with van der Waals surface area (Å²) in [6, 6.07) is 12.6. The molecule has 3 aliphatic rings. The van der Waals surface area contributed by atoms with E-state index in [1.54, 1.807) is 36.4 Å². The van der Waals surface area contributed by atoms with Gasteiger partial charge in [-0.25, -0.2) is 12.8 Å². The first kappa shape index (κ1) is 21.6. The Morgan fingerprint density at radius 2 is 1.97 bits per heavy atom. The molecule has 2 aliphatic carbocycles. The zero-order valence-electron chi connectivity index (χ0n) is 17.9. The molecule has 0 radical (unpaired) electrons. The van der Waals surface area contributed by atoms with Crippen LogP contribution in [0.4, 0.5) is 10.1 Å². The SMILES string of the molecule is CS(=O)(=O)Nc1ccc(-c2ccc(C[C@@H](C#N)NC(=O)[C@H]3N[C@H]4C[C@@H]3C3=C[C@H]34)c(F)c2)cc1. The van der Waals surface area contributed by atoms with Gasteiger partial charge in [0.25, 0.3) is 0 Å². The highest BCUT2D eigenvalue weighted by molar-refractivity contribution is 7.92. The molecule has 1 heterocycles. The summed E-state index contributed by atoms with van der Waals surface area (Å²) >= 11 is 0. The van der Waals surface area contributed by atoms with E-state index in [0.29, 0.717) is 28.8 Å². The highest BCUT2D eigenvalue weighted by Gasteiger charge is 2.56. The molecule has 1 aliphatic heterocycles. The van der Waals surface area contributed by atoms with E-state index in [1.165, 1.54) is 11.6 Å². The normalized spacial score (nSPS) is 25.5. The molecular formula is C24H23FN4O3S. The number of halogens is 1. The summed E-state index contributed by atoms with van der Waals surface area (Å²) in [5.74, 6) is 0.0597. The van der Waals surface area contributed by atoms with Crippen molar-refractivity contribution in [2.45, 2.75) is 31.0 Å². The Morgan fingerprint density at radius 3 is 2.58 bits per heavy atom. The lowest BCUT2D eigenvalue weighted by Crippen LogP contribution is -2.51. The van der Waals surface area contributed by atoms with E-state index in [1.807, 2.05) is 0 Å². The van der Waals surface area contributed by atoms with Crippen LogP contribution in [-0.4, -0.2) is 38.7 Å². The van der Waals surface area contributed by atoms with Gasteiger partial charge in [-0.2, -0.15) is 5.26 Å². The van der Waals surface area contributed by atoms with Gasteiger partial charge < -0.3 is 10.6 Å². The van der Waals surface area contributed by atoms with Gasteiger partial charge in [0.2, 0.25) is 15.9 Å². The molecule has 5 atom stereocenters. The lowest BCUT2D eigenvalue weighted by molar-refractivity contribution is -0.124. The minimum absolute atomic E-state index is 0.0672. The molecule has 170 valence electrons. The zero-order chi connectivity index (χ0) is 23.3. The van der Waals surface area contributed by atoms with Crippen molar-refractivity contribution >= 4 is 21.6 Å². The third kappa shape index (κ3) is 4.36. The Hall–Kier alpha value is -3.22. The Balaban J connectivity index is 1.24. The van der Waals surface area contributed by atoms with Crippen molar-refractivity contribution < 1.29 is 17.6 Å². The maximum absolute atomic E-state index is 14.8. The molecule has 2 bridgehead atoms. The van der Waals surface area contributed by atoms with Crippen molar-refractivity contribution in [3.8, 4) is 17.2 Å². The number of hydrogen-bond donors (Lipinski definition) is 3. The van der Waals surface area contributed by atoms with E-state index in [4.69, 9.17) is 0 Å². The molecule has 9 heteroatoms. The van der Waals surface area contributed by atoms with E-state index < -0.39 is 21.9 Å². The molecule has 1 saturated heterocycles. The molecule has 0 spiro atoms. The molecular weight excluding hydrogens is 443 g/mol. The summed E-state index contributed by atoms with van der Waals surface area (Å²) in [6.45, 7) is 0. The number of nitriles is 1. The minimum atomic E-state index is -3.37. The van der Waals surface area contributed by atoms with Gasteiger partial charge in [-0.15, -0.1) is 0 Å². The predicted molar refractivity (Wildman–Crippen MR) is 122 cm³/mol. The van der Waals surface area contributed by atoms with Crippen LogP contribution in [0.5, 0.6) is 0 Å². The summed E-state index contributed by atoms with van der Waals surface area (Å²) in [6.07, 6.45) is 4.30. The summed E-state index contributed by atoms with van der Waals surface area (Å²) in [5, 5.41) is 15.6. The maximum Gasteiger partial charge on any atom is 0.238 e. The molecule has 5 rings (SSSR count). The number of hydrogen-bond acceptors (Lipinski definition) is 5. The van der Waals surface area contributed by atoms with E-state index >= 15 is 0 Å². The number of sulfonamides is 1. The number of benzene rings is 2. The third-order valence-corrected chi connectivity index (χ3v) is 7.17. The van der Waals surface area contributed by atoms with Gasteiger partial charge in [0.1, 0.15) is 11.9 Å².